The fraction of sp³-hybridized carbons (Fsp3) is 0.900. The first-order valence-electron chi connectivity index (χ1n) is 4.84. The zero-order chi connectivity index (χ0) is 9.23. The molecule has 0 fully saturated rings. The fourth-order valence-electron chi connectivity index (χ4n) is 1.18. The van der Waals surface area contributed by atoms with Crippen molar-refractivity contribution in [3.8, 4) is 0 Å². The summed E-state index contributed by atoms with van der Waals surface area (Å²) in [6, 6.07) is 0. The van der Waals surface area contributed by atoms with Crippen LogP contribution in [0.1, 0.15) is 52.4 Å². The second-order valence-corrected chi connectivity index (χ2v) is 3.21. The van der Waals surface area contributed by atoms with Crippen LogP contribution in [0.2, 0.25) is 0 Å². The maximum Gasteiger partial charge on any atom is 0.417 e. The lowest BCUT2D eigenvalue weighted by molar-refractivity contribution is 0.181. The number of hydrogen-bond acceptors (Lipinski definition) is 2. The molecule has 0 bridgehead atoms. The molecule has 0 aromatic heterocycles. The Kier molecular flexibility index (Phi) is 8.19. The van der Waals surface area contributed by atoms with Crippen LogP contribution in [-0.2, 0) is 9.53 Å². The van der Waals surface area contributed by atoms with Gasteiger partial charge in [-0.3, -0.25) is 0 Å². The zero-order valence-corrected chi connectivity index (χ0v) is 8.14. The highest BCUT2D eigenvalue weighted by molar-refractivity contribution is 5.38. The van der Waals surface area contributed by atoms with Gasteiger partial charge >= 0.3 is 6.47 Å². The summed E-state index contributed by atoms with van der Waals surface area (Å²) in [5.41, 5.74) is 0. The Morgan fingerprint density at radius 2 is 1.92 bits per heavy atom. The number of rotatable bonds is 8. The minimum absolute atomic E-state index is 0.0455. The molecule has 0 heterocycles. The Labute approximate surface area is 75.3 Å². The van der Waals surface area contributed by atoms with Gasteiger partial charge in [0.15, 0.2) is 0 Å². The molecule has 71 valence electrons. The van der Waals surface area contributed by atoms with Crippen LogP contribution in [-0.4, -0.2) is 12.6 Å². The first-order valence-corrected chi connectivity index (χ1v) is 4.84. The van der Waals surface area contributed by atoms with Crippen LogP contribution in [0.5, 0.6) is 0 Å². The summed E-state index contributed by atoms with van der Waals surface area (Å²) in [5, 5.41) is 0. The Hall–Kier alpha value is -0.530. The van der Waals surface area contributed by atoms with Gasteiger partial charge in [-0.15, -0.1) is 0 Å². The van der Waals surface area contributed by atoms with E-state index in [4.69, 9.17) is 0 Å². The quantitative estimate of drug-likeness (QED) is 0.525. The molecule has 2 nitrogen and oxygen atoms in total. The number of ether oxygens (including phenoxy) is 1. The normalized spacial score (nSPS) is 12.5. The Bertz CT molecular complexity index is 102. The van der Waals surface area contributed by atoms with Gasteiger partial charge in [-0.25, -0.2) is 4.79 Å². The molecule has 0 amide bonds. The lowest BCUT2D eigenvalue weighted by atomic mass is 10.1. The van der Waals surface area contributed by atoms with E-state index in [2.05, 4.69) is 11.7 Å². The summed E-state index contributed by atoms with van der Waals surface area (Å²) in [6.07, 6.45) is 7.31. The Balaban J connectivity index is 3.02. The molecule has 1 radical (unpaired) electrons. The third kappa shape index (κ3) is 7.58. The van der Waals surface area contributed by atoms with Crippen molar-refractivity contribution in [2.75, 3.05) is 0 Å². The van der Waals surface area contributed by atoms with Gasteiger partial charge in [-0.1, -0.05) is 32.6 Å². The SMILES string of the molecule is CCCCCCCC(C)O[C]=O. The van der Waals surface area contributed by atoms with Gasteiger partial charge in [0, 0.05) is 0 Å². The molecular formula is C10H19O2. The minimum atomic E-state index is 0.0455. The molecule has 0 spiro atoms. The van der Waals surface area contributed by atoms with E-state index in [1.165, 1.54) is 32.2 Å². The van der Waals surface area contributed by atoms with Crippen molar-refractivity contribution < 1.29 is 9.53 Å². The molecule has 12 heavy (non-hydrogen) atoms. The molecule has 1 atom stereocenters. The van der Waals surface area contributed by atoms with E-state index in [-0.39, 0.29) is 6.10 Å². The number of unbranched alkanes of at least 4 members (excludes halogenated alkanes) is 4. The van der Waals surface area contributed by atoms with Crippen LogP contribution < -0.4 is 0 Å². The van der Waals surface area contributed by atoms with Crippen LogP contribution in [0.25, 0.3) is 0 Å². The van der Waals surface area contributed by atoms with Crippen molar-refractivity contribution in [2.45, 2.75) is 58.5 Å². The van der Waals surface area contributed by atoms with Crippen molar-refractivity contribution >= 4 is 6.47 Å². The predicted molar refractivity (Wildman–Crippen MR) is 49.6 cm³/mol. The third-order valence-electron chi connectivity index (χ3n) is 1.96. The van der Waals surface area contributed by atoms with Gasteiger partial charge in [0.05, 0.1) is 6.10 Å². The Morgan fingerprint density at radius 3 is 2.50 bits per heavy atom. The highest BCUT2D eigenvalue weighted by Crippen LogP contribution is 2.08. The number of hydrogen-bond donors (Lipinski definition) is 0. The molecular weight excluding hydrogens is 152 g/mol. The van der Waals surface area contributed by atoms with E-state index in [0.29, 0.717) is 0 Å². The van der Waals surface area contributed by atoms with E-state index < -0.39 is 0 Å². The van der Waals surface area contributed by atoms with Crippen LogP contribution in [0.3, 0.4) is 0 Å². The van der Waals surface area contributed by atoms with Crippen LogP contribution in [0.4, 0.5) is 0 Å². The van der Waals surface area contributed by atoms with Crippen LogP contribution in [0, 0.1) is 0 Å². The molecule has 0 saturated carbocycles. The summed E-state index contributed by atoms with van der Waals surface area (Å²) < 4.78 is 4.64. The lowest BCUT2D eigenvalue weighted by Crippen LogP contribution is -2.05. The van der Waals surface area contributed by atoms with E-state index in [0.717, 1.165) is 12.8 Å². The van der Waals surface area contributed by atoms with Gasteiger partial charge < -0.3 is 4.74 Å². The van der Waals surface area contributed by atoms with E-state index in [1.54, 1.807) is 0 Å². The number of carbonyl (C=O) groups excluding carboxylic acids is 1. The van der Waals surface area contributed by atoms with Gasteiger partial charge in [-0.2, -0.15) is 0 Å². The maximum atomic E-state index is 9.80. The minimum Gasteiger partial charge on any atom is -0.454 e. The third-order valence-corrected chi connectivity index (χ3v) is 1.96. The molecule has 2 heteroatoms. The lowest BCUT2D eigenvalue weighted by Gasteiger charge is -2.07. The second kappa shape index (κ2) is 8.57. The molecule has 0 N–H and O–H groups in total. The summed E-state index contributed by atoms with van der Waals surface area (Å²) >= 11 is 0. The molecule has 0 aromatic rings. The van der Waals surface area contributed by atoms with Gasteiger partial charge in [0.1, 0.15) is 0 Å². The van der Waals surface area contributed by atoms with Crippen molar-refractivity contribution in [3.05, 3.63) is 0 Å². The summed E-state index contributed by atoms with van der Waals surface area (Å²) in [5.74, 6) is 0. The second-order valence-electron chi connectivity index (χ2n) is 3.21. The molecule has 0 aliphatic rings. The first-order chi connectivity index (χ1) is 5.81. The van der Waals surface area contributed by atoms with Gasteiger partial charge in [0.2, 0.25) is 0 Å². The largest absolute Gasteiger partial charge is 0.454 e. The molecule has 0 aliphatic carbocycles. The Morgan fingerprint density at radius 1 is 1.25 bits per heavy atom. The average Bonchev–Trinajstić information content (AvgIpc) is 2.05. The molecule has 0 rings (SSSR count). The molecule has 1 unspecified atom stereocenters. The summed E-state index contributed by atoms with van der Waals surface area (Å²) in [7, 11) is 0. The maximum absolute atomic E-state index is 9.80. The van der Waals surface area contributed by atoms with Crippen molar-refractivity contribution in [1.82, 2.24) is 0 Å². The topological polar surface area (TPSA) is 26.3 Å². The molecule has 0 aromatic carbocycles. The van der Waals surface area contributed by atoms with Crippen molar-refractivity contribution in [2.24, 2.45) is 0 Å². The predicted octanol–water partition coefficient (Wildman–Crippen LogP) is 2.82. The van der Waals surface area contributed by atoms with E-state index in [1.807, 2.05) is 6.92 Å². The van der Waals surface area contributed by atoms with Gasteiger partial charge in [0.25, 0.3) is 0 Å². The zero-order valence-electron chi connectivity index (χ0n) is 8.14. The molecule has 0 saturated heterocycles. The average molecular weight is 171 g/mol. The highest BCUT2D eigenvalue weighted by atomic mass is 16.5. The van der Waals surface area contributed by atoms with Gasteiger partial charge in [-0.05, 0) is 19.8 Å². The highest BCUT2D eigenvalue weighted by Gasteiger charge is 2.00. The standard InChI is InChI=1S/C10H19O2/c1-3-4-5-6-7-8-10(2)12-9-11/h10H,3-8H2,1-2H3. The summed E-state index contributed by atoms with van der Waals surface area (Å²) in [6.45, 7) is 5.58. The van der Waals surface area contributed by atoms with Crippen LogP contribution in [0.15, 0.2) is 0 Å². The molecule has 0 aliphatic heterocycles. The summed E-state index contributed by atoms with van der Waals surface area (Å²) in [4.78, 5) is 9.80. The van der Waals surface area contributed by atoms with Crippen molar-refractivity contribution in [1.29, 1.82) is 0 Å². The fourth-order valence-corrected chi connectivity index (χ4v) is 1.18. The first kappa shape index (κ1) is 11.5. The monoisotopic (exact) mass is 171 g/mol. The van der Waals surface area contributed by atoms with E-state index >= 15 is 0 Å². The van der Waals surface area contributed by atoms with Crippen LogP contribution >= 0.6 is 0 Å². The van der Waals surface area contributed by atoms with Crippen molar-refractivity contribution in [3.63, 3.8) is 0 Å². The van der Waals surface area contributed by atoms with E-state index in [9.17, 15) is 4.79 Å². The smallest absolute Gasteiger partial charge is 0.417 e.